The van der Waals surface area contributed by atoms with E-state index in [0.29, 0.717) is 12.2 Å². The second kappa shape index (κ2) is 6.18. The lowest BCUT2D eigenvalue weighted by atomic mass is 10.2. The molecule has 2 aromatic carbocycles. The third kappa shape index (κ3) is 3.55. The normalized spacial score (nSPS) is 11.3. The number of anilines is 2. The first-order valence-corrected chi connectivity index (χ1v) is 8.70. The first-order valence-electron chi connectivity index (χ1n) is 6.81. The molecule has 0 radical (unpaired) electrons. The van der Waals surface area contributed by atoms with Crippen LogP contribution in [0.15, 0.2) is 53.4 Å². The summed E-state index contributed by atoms with van der Waals surface area (Å²) < 4.78 is 23.6. The van der Waals surface area contributed by atoms with Crippen molar-refractivity contribution in [1.82, 2.24) is 0 Å². The lowest BCUT2D eigenvalue weighted by molar-refractivity contribution is 0.602. The predicted molar refractivity (Wildman–Crippen MR) is 87.1 cm³/mol. The molecule has 5 heteroatoms. The van der Waals surface area contributed by atoms with Crippen LogP contribution in [0.4, 0.5) is 11.4 Å². The number of nitrogen functional groups attached to an aromatic ring is 1. The van der Waals surface area contributed by atoms with Crippen LogP contribution in [-0.2, 0) is 16.4 Å². The van der Waals surface area contributed by atoms with E-state index in [-0.39, 0.29) is 4.90 Å². The van der Waals surface area contributed by atoms with Crippen LogP contribution in [0, 0.1) is 0 Å². The highest BCUT2D eigenvalue weighted by molar-refractivity contribution is 7.90. The highest BCUT2D eigenvalue weighted by Crippen LogP contribution is 2.30. The van der Waals surface area contributed by atoms with Crippen molar-refractivity contribution in [3.05, 3.63) is 54.1 Å². The number of nitrogens with two attached hydrogens (primary N) is 1. The van der Waals surface area contributed by atoms with Crippen LogP contribution in [0.1, 0.15) is 12.5 Å². The van der Waals surface area contributed by atoms with E-state index in [0.717, 1.165) is 17.8 Å². The average Bonchev–Trinajstić information content (AvgIpc) is 2.45. The number of sulfone groups is 1. The maximum absolute atomic E-state index is 11.8. The second-order valence-corrected chi connectivity index (χ2v) is 6.95. The molecule has 0 saturated heterocycles. The van der Waals surface area contributed by atoms with Gasteiger partial charge in [0.2, 0.25) is 0 Å². The molecule has 0 bridgehead atoms. The summed E-state index contributed by atoms with van der Waals surface area (Å²) in [6.07, 6.45) is 1.18. The van der Waals surface area contributed by atoms with Gasteiger partial charge in [0.25, 0.3) is 0 Å². The summed E-state index contributed by atoms with van der Waals surface area (Å²) >= 11 is 0. The summed E-state index contributed by atoms with van der Waals surface area (Å²) in [5.41, 5.74) is 8.31. The van der Waals surface area contributed by atoms with Gasteiger partial charge in [0.05, 0.1) is 16.3 Å². The molecule has 4 nitrogen and oxygen atoms in total. The molecule has 0 fully saturated rings. The van der Waals surface area contributed by atoms with Crippen molar-refractivity contribution < 1.29 is 8.42 Å². The summed E-state index contributed by atoms with van der Waals surface area (Å²) in [5, 5.41) is 0. The third-order valence-corrected chi connectivity index (χ3v) is 4.54. The molecule has 0 aliphatic rings. The number of benzene rings is 2. The van der Waals surface area contributed by atoms with E-state index >= 15 is 0 Å². The minimum Gasteiger partial charge on any atom is -0.396 e. The van der Waals surface area contributed by atoms with Crippen LogP contribution in [0.2, 0.25) is 0 Å². The van der Waals surface area contributed by atoms with Crippen molar-refractivity contribution in [3.63, 3.8) is 0 Å². The van der Waals surface area contributed by atoms with Gasteiger partial charge in [-0.1, -0.05) is 36.4 Å². The Balaban J connectivity index is 2.39. The Morgan fingerprint density at radius 3 is 2.29 bits per heavy atom. The Bertz CT molecular complexity index is 712. The molecular formula is C16H20N2O2S. The predicted octanol–water partition coefficient (Wildman–Crippen LogP) is 2.70. The van der Waals surface area contributed by atoms with Crippen LogP contribution >= 0.6 is 0 Å². The van der Waals surface area contributed by atoms with Crippen LogP contribution in [0.3, 0.4) is 0 Å². The number of hydrogen-bond donors (Lipinski definition) is 1. The zero-order valence-electron chi connectivity index (χ0n) is 12.3. The van der Waals surface area contributed by atoms with Crippen LogP contribution in [0.5, 0.6) is 0 Å². The molecule has 0 atom stereocenters. The number of para-hydroxylation sites is 1. The number of rotatable bonds is 5. The standard InChI is InChI=1S/C16H20N2O2S/c1-3-18(12-13-8-5-4-6-9-13)14-10-7-11-15(16(14)17)21(2,19)20/h4-11H,3,12,17H2,1-2H3. The average molecular weight is 304 g/mol. The Kier molecular flexibility index (Phi) is 4.53. The molecule has 112 valence electrons. The smallest absolute Gasteiger partial charge is 0.177 e. The monoisotopic (exact) mass is 304 g/mol. The van der Waals surface area contributed by atoms with Gasteiger partial charge in [-0.05, 0) is 24.6 Å². The fourth-order valence-corrected chi connectivity index (χ4v) is 3.13. The first-order chi connectivity index (χ1) is 9.93. The van der Waals surface area contributed by atoms with E-state index in [1.807, 2.05) is 43.3 Å². The lowest BCUT2D eigenvalue weighted by Gasteiger charge is -2.25. The molecule has 2 N–H and O–H groups in total. The van der Waals surface area contributed by atoms with E-state index in [4.69, 9.17) is 5.73 Å². The number of hydrogen-bond acceptors (Lipinski definition) is 4. The number of nitrogens with zero attached hydrogens (tertiary/aromatic N) is 1. The van der Waals surface area contributed by atoms with E-state index < -0.39 is 9.84 Å². The van der Waals surface area contributed by atoms with Crippen molar-refractivity contribution >= 4 is 21.2 Å². The molecule has 2 aromatic rings. The summed E-state index contributed by atoms with van der Waals surface area (Å²) in [6, 6.07) is 15.2. The van der Waals surface area contributed by atoms with E-state index in [2.05, 4.69) is 4.90 Å². The Morgan fingerprint density at radius 1 is 1.05 bits per heavy atom. The molecule has 0 unspecified atom stereocenters. The fraction of sp³-hybridized carbons (Fsp3) is 0.250. The highest BCUT2D eigenvalue weighted by atomic mass is 32.2. The first kappa shape index (κ1) is 15.4. The SMILES string of the molecule is CCN(Cc1ccccc1)c1cccc(S(C)(=O)=O)c1N. The van der Waals surface area contributed by atoms with E-state index in [9.17, 15) is 8.42 Å². The minimum absolute atomic E-state index is 0.187. The summed E-state index contributed by atoms with van der Waals surface area (Å²) in [4.78, 5) is 2.26. The summed E-state index contributed by atoms with van der Waals surface area (Å²) in [6.45, 7) is 3.45. The van der Waals surface area contributed by atoms with Crippen molar-refractivity contribution in [2.24, 2.45) is 0 Å². The molecule has 21 heavy (non-hydrogen) atoms. The van der Waals surface area contributed by atoms with Crippen molar-refractivity contribution in [2.75, 3.05) is 23.4 Å². The fourth-order valence-electron chi connectivity index (χ4n) is 2.30. The molecule has 0 saturated carbocycles. The molecule has 0 heterocycles. The molecule has 0 aromatic heterocycles. The zero-order valence-corrected chi connectivity index (χ0v) is 13.1. The van der Waals surface area contributed by atoms with Gasteiger partial charge in [0.15, 0.2) is 9.84 Å². The lowest BCUT2D eigenvalue weighted by Crippen LogP contribution is -2.23. The largest absolute Gasteiger partial charge is 0.396 e. The van der Waals surface area contributed by atoms with Gasteiger partial charge >= 0.3 is 0 Å². The second-order valence-electron chi connectivity index (χ2n) is 4.96. The van der Waals surface area contributed by atoms with Gasteiger partial charge in [-0.3, -0.25) is 0 Å². The zero-order chi connectivity index (χ0) is 15.5. The van der Waals surface area contributed by atoms with Crippen molar-refractivity contribution in [1.29, 1.82) is 0 Å². The topological polar surface area (TPSA) is 63.4 Å². The van der Waals surface area contributed by atoms with Gasteiger partial charge in [0, 0.05) is 19.3 Å². The van der Waals surface area contributed by atoms with Gasteiger partial charge in [-0.2, -0.15) is 0 Å². The summed E-state index contributed by atoms with van der Waals surface area (Å²) in [7, 11) is -3.32. The highest BCUT2D eigenvalue weighted by Gasteiger charge is 2.17. The molecule has 0 amide bonds. The molecule has 0 spiro atoms. The molecule has 0 aliphatic heterocycles. The quantitative estimate of drug-likeness (QED) is 0.863. The molecule has 0 aliphatic carbocycles. The molecular weight excluding hydrogens is 284 g/mol. The van der Waals surface area contributed by atoms with Gasteiger partial charge in [0.1, 0.15) is 0 Å². The van der Waals surface area contributed by atoms with Crippen LogP contribution in [0.25, 0.3) is 0 Å². The third-order valence-electron chi connectivity index (χ3n) is 3.38. The Hall–Kier alpha value is -2.01. The van der Waals surface area contributed by atoms with Gasteiger partial charge in [-0.25, -0.2) is 8.42 Å². The Morgan fingerprint density at radius 2 is 1.71 bits per heavy atom. The van der Waals surface area contributed by atoms with Gasteiger partial charge < -0.3 is 10.6 Å². The summed E-state index contributed by atoms with van der Waals surface area (Å²) in [5.74, 6) is 0. The van der Waals surface area contributed by atoms with Crippen LogP contribution < -0.4 is 10.6 Å². The minimum atomic E-state index is -3.32. The van der Waals surface area contributed by atoms with Gasteiger partial charge in [-0.15, -0.1) is 0 Å². The van der Waals surface area contributed by atoms with Crippen molar-refractivity contribution in [2.45, 2.75) is 18.4 Å². The van der Waals surface area contributed by atoms with Crippen LogP contribution in [-0.4, -0.2) is 21.2 Å². The van der Waals surface area contributed by atoms with E-state index in [1.165, 1.54) is 6.26 Å². The van der Waals surface area contributed by atoms with E-state index in [1.54, 1.807) is 12.1 Å². The Labute approximate surface area is 126 Å². The maximum atomic E-state index is 11.8. The molecule has 2 rings (SSSR count). The van der Waals surface area contributed by atoms with Crippen molar-refractivity contribution in [3.8, 4) is 0 Å². The maximum Gasteiger partial charge on any atom is 0.177 e.